The first-order chi connectivity index (χ1) is 8.61. The van der Waals surface area contributed by atoms with Crippen molar-refractivity contribution < 1.29 is 8.95 Å². The van der Waals surface area contributed by atoms with Gasteiger partial charge in [-0.05, 0) is 13.0 Å². The number of aromatic nitrogens is 3. The number of hydrogen-bond acceptors (Lipinski definition) is 4. The van der Waals surface area contributed by atoms with Gasteiger partial charge in [0.05, 0.1) is 24.5 Å². The van der Waals surface area contributed by atoms with Crippen LogP contribution in [0.2, 0.25) is 0 Å². The minimum absolute atomic E-state index is 0.471. The van der Waals surface area contributed by atoms with E-state index in [1.165, 1.54) is 0 Å². The van der Waals surface area contributed by atoms with Gasteiger partial charge in [-0.3, -0.25) is 4.21 Å². The van der Waals surface area contributed by atoms with Crippen LogP contribution in [-0.2, 0) is 17.3 Å². The first-order valence-corrected chi connectivity index (χ1v) is 7.02. The van der Waals surface area contributed by atoms with Crippen molar-refractivity contribution in [1.82, 2.24) is 14.8 Å². The molecule has 18 heavy (non-hydrogen) atoms. The van der Waals surface area contributed by atoms with Gasteiger partial charge in [-0.2, -0.15) is 0 Å². The Bertz CT molecular complexity index is 580. The lowest BCUT2D eigenvalue weighted by Gasteiger charge is -2.10. The van der Waals surface area contributed by atoms with Crippen molar-refractivity contribution in [2.75, 3.05) is 13.4 Å². The van der Waals surface area contributed by atoms with Crippen molar-refractivity contribution in [3.63, 3.8) is 0 Å². The van der Waals surface area contributed by atoms with E-state index >= 15 is 0 Å². The van der Waals surface area contributed by atoms with Gasteiger partial charge >= 0.3 is 0 Å². The summed E-state index contributed by atoms with van der Waals surface area (Å²) in [5.74, 6) is 0.808. The average Bonchev–Trinajstić information content (AvgIpc) is 2.77. The number of methoxy groups -OCH3 is 1. The van der Waals surface area contributed by atoms with Gasteiger partial charge in [0.15, 0.2) is 0 Å². The highest BCUT2D eigenvalue weighted by molar-refractivity contribution is 7.84. The summed E-state index contributed by atoms with van der Waals surface area (Å²) in [7, 11) is 0.490. The third-order valence-corrected chi connectivity index (χ3v) is 3.44. The van der Waals surface area contributed by atoms with Gasteiger partial charge in [0.2, 0.25) is 5.16 Å². The van der Waals surface area contributed by atoms with E-state index in [4.69, 9.17) is 4.74 Å². The summed E-state index contributed by atoms with van der Waals surface area (Å²) in [6.45, 7) is 2.57. The lowest BCUT2D eigenvalue weighted by Crippen LogP contribution is -2.06. The second kappa shape index (κ2) is 5.30. The van der Waals surface area contributed by atoms with Crippen molar-refractivity contribution in [2.45, 2.75) is 18.6 Å². The van der Waals surface area contributed by atoms with Gasteiger partial charge in [0.25, 0.3) is 0 Å². The summed E-state index contributed by atoms with van der Waals surface area (Å²) in [4.78, 5) is 0. The number of hydrogen-bond donors (Lipinski definition) is 0. The summed E-state index contributed by atoms with van der Waals surface area (Å²) in [6.07, 6.45) is 3.17. The van der Waals surface area contributed by atoms with Gasteiger partial charge in [-0.1, -0.05) is 17.7 Å². The summed E-state index contributed by atoms with van der Waals surface area (Å²) in [5, 5.41) is 8.13. The van der Waals surface area contributed by atoms with E-state index < -0.39 is 10.8 Å². The predicted molar refractivity (Wildman–Crippen MR) is 69.2 cm³/mol. The molecule has 0 bridgehead atoms. The zero-order valence-electron chi connectivity index (χ0n) is 10.6. The predicted octanol–water partition coefficient (Wildman–Crippen LogP) is 1.38. The number of rotatable bonds is 4. The van der Waals surface area contributed by atoms with Crippen LogP contribution in [0.3, 0.4) is 0 Å². The number of nitrogens with zero attached hydrogens (tertiary/aromatic N) is 3. The average molecular weight is 265 g/mol. The van der Waals surface area contributed by atoms with Crippen LogP contribution in [0.5, 0.6) is 5.75 Å². The molecule has 0 spiro atoms. The van der Waals surface area contributed by atoms with Crippen LogP contribution in [0.25, 0.3) is 0 Å². The summed E-state index contributed by atoms with van der Waals surface area (Å²) < 4.78 is 18.6. The molecule has 0 radical (unpaired) electrons. The van der Waals surface area contributed by atoms with Gasteiger partial charge in [0, 0.05) is 11.8 Å². The molecule has 0 saturated heterocycles. The van der Waals surface area contributed by atoms with E-state index in [-0.39, 0.29) is 0 Å². The fourth-order valence-electron chi connectivity index (χ4n) is 1.79. The van der Waals surface area contributed by atoms with Crippen LogP contribution < -0.4 is 4.74 Å². The third kappa shape index (κ3) is 2.59. The SMILES string of the molecule is COc1ccc(C)cc1Cn1cnnc1[S@](C)=O. The van der Waals surface area contributed by atoms with Gasteiger partial charge in [-0.25, -0.2) is 0 Å². The molecule has 0 aliphatic carbocycles. The first-order valence-electron chi connectivity index (χ1n) is 5.46. The topological polar surface area (TPSA) is 57.0 Å². The maximum absolute atomic E-state index is 11.5. The Morgan fingerprint density at radius 1 is 1.44 bits per heavy atom. The second-order valence-electron chi connectivity index (χ2n) is 4.01. The molecule has 1 aromatic heterocycles. The third-order valence-electron chi connectivity index (χ3n) is 2.61. The number of aryl methyl sites for hydroxylation is 1. The fraction of sp³-hybridized carbons (Fsp3) is 0.333. The van der Waals surface area contributed by atoms with Crippen molar-refractivity contribution in [3.05, 3.63) is 35.7 Å². The molecular formula is C12H15N3O2S. The lowest BCUT2D eigenvalue weighted by atomic mass is 10.1. The molecule has 0 aliphatic rings. The molecule has 2 rings (SSSR count). The van der Waals surface area contributed by atoms with Crippen molar-refractivity contribution in [1.29, 1.82) is 0 Å². The van der Waals surface area contributed by atoms with Gasteiger partial charge in [0.1, 0.15) is 12.1 Å². The lowest BCUT2D eigenvalue weighted by molar-refractivity contribution is 0.407. The Labute approximate surface area is 108 Å². The highest BCUT2D eigenvalue weighted by Gasteiger charge is 2.11. The van der Waals surface area contributed by atoms with E-state index in [1.54, 1.807) is 24.3 Å². The molecular weight excluding hydrogens is 250 g/mol. The quantitative estimate of drug-likeness (QED) is 0.838. The van der Waals surface area contributed by atoms with Gasteiger partial charge < -0.3 is 9.30 Å². The second-order valence-corrected chi connectivity index (χ2v) is 5.28. The zero-order chi connectivity index (χ0) is 13.1. The van der Waals surface area contributed by atoms with E-state index in [9.17, 15) is 4.21 Å². The minimum Gasteiger partial charge on any atom is -0.496 e. The largest absolute Gasteiger partial charge is 0.496 e. The molecule has 6 heteroatoms. The highest BCUT2D eigenvalue weighted by Crippen LogP contribution is 2.21. The Morgan fingerprint density at radius 3 is 2.89 bits per heavy atom. The molecule has 96 valence electrons. The molecule has 2 aromatic rings. The standard InChI is InChI=1S/C12H15N3O2S/c1-9-4-5-11(17-2)10(6-9)7-15-8-13-14-12(15)18(3)16/h4-6,8H,7H2,1-3H3/t18-/m0/s1. The van der Waals surface area contributed by atoms with Gasteiger partial charge in [-0.15, -0.1) is 10.2 Å². The molecule has 0 unspecified atom stereocenters. The normalized spacial score (nSPS) is 12.4. The maximum atomic E-state index is 11.5. The van der Waals surface area contributed by atoms with E-state index in [0.717, 1.165) is 16.9 Å². The molecule has 0 N–H and O–H groups in total. The Kier molecular flexibility index (Phi) is 3.76. The van der Waals surface area contributed by atoms with Crippen molar-refractivity contribution in [3.8, 4) is 5.75 Å². The fourth-order valence-corrected chi connectivity index (χ4v) is 2.39. The Morgan fingerprint density at radius 2 is 2.22 bits per heavy atom. The van der Waals surface area contributed by atoms with E-state index in [0.29, 0.717) is 11.7 Å². The maximum Gasteiger partial charge on any atom is 0.221 e. The van der Waals surface area contributed by atoms with Crippen LogP contribution >= 0.6 is 0 Å². The van der Waals surface area contributed by atoms with Crippen LogP contribution in [0.15, 0.2) is 29.7 Å². The Balaban J connectivity index is 2.36. The van der Waals surface area contributed by atoms with Crippen LogP contribution in [-0.4, -0.2) is 32.3 Å². The summed E-state index contributed by atoms with van der Waals surface area (Å²) >= 11 is 0. The van der Waals surface area contributed by atoms with Crippen molar-refractivity contribution in [2.24, 2.45) is 0 Å². The number of ether oxygens (including phenoxy) is 1. The smallest absolute Gasteiger partial charge is 0.221 e. The van der Waals surface area contributed by atoms with E-state index in [2.05, 4.69) is 10.2 Å². The molecule has 1 heterocycles. The molecule has 0 amide bonds. The monoisotopic (exact) mass is 265 g/mol. The highest BCUT2D eigenvalue weighted by atomic mass is 32.2. The molecule has 1 atom stereocenters. The molecule has 0 aliphatic heterocycles. The molecule has 0 saturated carbocycles. The van der Waals surface area contributed by atoms with Crippen LogP contribution in [0.1, 0.15) is 11.1 Å². The van der Waals surface area contributed by atoms with E-state index in [1.807, 2.05) is 25.1 Å². The molecule has 1 aromatic carbocycles. The summed E-state index contributed by atoms with van der Waals surface area (Å²) in [6, 6.07) is 5.96. The minimum atomic E-state index is -1.15. The first kappa shape index (κ1) is 12.8. The molecule has 0 fully saturated rings. The summed E-state index contributed by atoms with van der Waals surface area (Å²) in [5.41, 5.74) is 2.17. The Hall–Kier alpha value is -1.69. The van der Waals surface area contributed by atoms with Crippen LogP contribution in [0.4, 0.5) is 0 Å². The van der Waals surface area contributed by atoms with Crippen LogP contribution in [0, 0.1) is 6.92 Å². The zero-order valence-corrected chi connectivity index (χ0v) is 11.4. The molecule has 5 nitrogen and oxygen atoms in total. The number of benzene rings is 1. The van der Waals surface area contributed by atoms with Crippen molar-refractivity contribution >= 4 is 10.8 Å².